The molecule has 0 aromatic carbocycles. The van der Waals surface area contributed by atoms with Crippen LogP contribution >= 0.6 is 0 Å². The summed E-state index contributed by atoms with van der Waals surface area (Å²) in [6.07, 6.45) is -16.5. The highest BCUT2D eigenvalue weighted by Gasteiger charge is 2.53. The number of ether oxygens (including phenoxy) is 11. The lowest BCUT2D eigenvalue weighted by molar-refractivity contribution is -0.901. The third-order valence-electron chi connectivity index (χ3n) is 17.7. The van der Waals surface area contributed by atoms with E-state index in [9.17, 15) is 65.1 Å². The minimum Gasteiger partial charge on any atom is -0.465 e. The summed E-state index contributed by atoms with van der Waals surface area (Å²) in [6.45, 7) is 14.1. The van der Waals surface area contributed by atoms with Crippen LogP contribution in [0.3, 0.4) is 0 Å². The molecule has 0 bridgehead atoms. The minimum absolute atomic E-state index is 0.0542. The number of aliphatic hydroxyl groups excluding tert-OH is 12. The summed E-state index contributed by atoms with van der Waals surface area (Å²) in [5.41, 5.74) is 0. The lowest BCUT2D eigenvalue weighted by atomic mass is 9.80. The second-order valence-electron chi connectivity index (χ2n) is 26.6. The van der Waals surface area contributed by atoms with Crippen molar-refractivity contribution in [3.63, 3.8) is 0 Å². The number of esters is 4. The average molecular weight is 1310 g/mol. The van der Waals surface area contributed by atoms with Gasteiger partial charge in [-0.2, -0.15) is 0 Å². The number of likely N-dealkylation sites (N-methyl/N-ethyl adjacent to an activating group) is 4. The van der Waals surface area contributed by atoms with E-state index in [2.05, 4.69) is 70.2 Å². The van der Waals surface area contributed by atoms with Gasteiger partial charge in [-0.15, -0.1) is 0 Å². The molecule has 3 aliphatic heterocycles. The molecule has 31 heteroatoms. The highest BCUT2D eigenvalue weighted by atomic mass is 16.7. The lowest BCUT2D eigenvalue weighted by Gasteiger charge is -2.44. The Labute approximate surface area is 529 Å². The summed E-state index contributed by atoms with van der Waals surface area (Å²) in [4.78, 5) is 46.9. The topological polar surface area (TPSA) is 413 Å². The van der Waals surface area contributed by atoms with E-state index in [1.54, 1.807) is 0 Å². The van der Waals surface area contributed by atoms with Crippen LogP contribution in [0.4, 0.5) is 0 Å². The molecule has 3 saturated heterocycles. The molecule has 0 aromatic rings. The second kappa shape index (κ2) is 37.3. The number of quaternary nitrogens is 4. The van der Waals surface area contributed by atoms with Gasteiger partial charge in [-0.1, -0.05) is 0 Å². The molecule has 3 aliphatic carbocycles. The molecule has 0 unspecified atom stereocenters. The Kier molecular flexibility index (Phi) is 33.7. The van der Waals surface area contributed by atoms with Gasteiger partial charge in [0.25, 0.3) is 0 Å². The maximum Gasteiger partial charge on any atom is 0.303 e. The largest absolute Gasteiger partial charge is 0.465 e. The van der Waals surface area contributed by atoms with Crippen molar-refractivity contribution in [3.05, 3.63) is 0 Å². The first-order valence-electron chi connectivity index (χ1n) is 31.2. The Morgan fingerprint density at radius 2 is 0.722 bits per heavy atom. The van der Waals surface area contributed by atoms with Crippen LogP contribution < -0.4 is 0 Å². The van der Waals surface area contributed by atoms with Gasteiger partial charge in [-0.3, -0.25) is 19.2 Å². The summed E-state index contributed by atoms with van der Waals surface area (Å²) in [7, 11) is 16.8. The van der Waals surface area contributed by atoms with Gasteiger partial charge >= 0.3 is 23.9 Å². The number of carbonyl (C=O) groups is 4. The third-order valence-corrected chi connectivity index (χ3v) is 17.7. The molecule has 0 spiro atoms. The SMILES string of the molecule is CC(=O)OC[C@H]1C[C@H](OCC[N+](C)(C)C2CC2)[C@H](OC(C)=O)[C@@H](OC(C)=O)[C@@H]1OC(C)=O.CC[N+](C)(C)CCO[C@@H]1O[C@H](CO)[C@@H](O)[C@H](O)[C@H]1O.CC[N+](C)(C)CCO[C@@H]1O[C@H](CO)[C@@H](O)[C@H](O)[C@H]1O.C[N+](C)(CCO[C@@H]1O[C@H](CO)[C@@H](O)[C@H](O)[C@H]1O)C1CC1. The van der Waals surface area contributed by atoms with Crippen molar-refractivity contribution in [2.45, 2.75) is 202 Å². The summed E-state index contributed by atoms with van der Waals surface area (Å²) in [5, 5.41) is 114. The van der Waals surface area contributed by atoms with Gasteiger partial charge in [-0.25, -0.2) is 0 Å². The van der Waals surface area contributed by atoms with E-state index < -0.39 is 166 Å². The van der Waals surface area contributed by atoms with Crippen molar-refractivity contribution in [2.75, 3.05) is 149 Å². The van der Waals surface area contributed by atoms with Crippen LogP contribution in [0.25, 0.3) is 0 Å². The molecule has 0 amide bonds. The van der Waals surface area contributed by atoms with Crippen molar-refractivity contribution in [2.24, 2.45) is 5.92 Å². The van der Waals surface area contributed by atoms with Crippen LogP contribution in [0, 0.1) is 5.92 Å². The van der Waals surface area contributed by atoms with Crippen LogP contribution in [0.1, 0.15) is 73.6 Å². The summed E-state index contributed by atoms with van der Waals surface area (Å²) in [5.74, 6) is -2.78. The first-order chi connectivity index (χ1) is 41.9. The molecule has 6 fully saturated rings. The number of hydrogen-bond acceptors (Lipinski definition) is 27. The molecule has 0 aromatic heterocycles. The standard InChI is InChI=1S/C22H36NO9.C13H26NO6.2C12H26NO6/c1-13(24)29-12-17-11-19(28-10-9-23(5,6)18-7-8-18)21(31-15(3)26)22(32-16(4)27)20(17)30-14(2)25;1-14(2,8-3-4-8)5-6-19-13-12(18)11(17)10(16)9(7-15)20-13;2*1-4-13(2,3)5-6-18-12-11(17)10(16)9(15)8(7-14)19-12/h17-22H,7-12H2,1-6H3;8-13,15-18H,3-7H2,1-2H3;2*8-12,14-17H,4-7H2,1-3H3/q4*+1/t17-,19+,20-,21+,22+;9-,10-,11+,12-,13-;2*8-,9-,10+,11-,12-/m1111/s1. The number of nitrogens with zero attached hydrogens (tertiary/aromatic N) is 4. The fourth-order valence-electron chi connectivity index (χ4n) is 10.3. The van der Waals surface area contributed by atoms with E-state index in [-0.39, 0.29) is 13.0 Å². The molecule has 6 rings (SSSR count). The van der Waals surface area contributed by atoms with Crippen LogP contribution in [0.5, 0.6) is 0 Å². The predicted octanol–water partition coefficient (Wildman–Crippen LogP) is -5.17. The molecule has 20 atom stereocenters. The van der Waals surface area contributed by atoms with E-state index in [1.165, 1.54) is 53.4 Å². The van der Waals surface area contributed by atoms with Gasteiger partial charge in [0.2, 0.25) is 0 Å². The Bertz CT molecular complexity index is 2070. The Hall–Kier alpha value is -3.04. The van der Waals surface area contributed by atoms with Crippen LogP contribution in [-0.2, 0) is 71.3 Å². The van der Waals surface area contributed by atoms with Crippen LogP contribution in [-0.4, -0.2) is 380 Å². The molecule has 6 aliphatic rings. The molecule has 31 nitrogen and oxygen atoms in total. The normalized spacial score (nSPS) is 34.0. The van der Waals surface area contributed by atoms with Crippen LogP contribution in [0.2, 0.25) is 0 Å². The zero-order chi connectivity index (χ0) is 68.2. The Morgan fingerprint density at radius 3 is 1.02 bits per heavy atom. The maximum absolute atomic E-state index is 11.8. The Balaban J connectivity index is 0.000000323. The van der Waals surface area contributed by atoms with E-state index in [0.717, 1.165) is 57.2 Å². The van der Waals surface area contributed by atoms with Gasteiger partial charge in [0.1, 0.15) is 106 Å². The summed E-state index contributed by atoms with van der Waals surface area (Å²) in [6, 6.07) is 1.29. The smallest absolute Gasteiger partial charge is 0.303 e. The number of aliphatic hydroxyl groups is 12. The highest BCUT2D eigenvalue weighted by molar-refractivity contribution is 5.68. The quantitative estimate of drug-likeness (QED) is 0.0198. The zero-order valence-electron chi connectivity index (χ0n) is 55.4. The third kappa shape index (κ3) is 25.9. The van der Waals surface area contributed by atoms with Gasteiger partial charge in [-0.05, 0) is 20.3 Å². The van der Waals surface area contributed by atoms with E-state index in [4.69, 9.17) is 67.4 Å². The molecule has 3 saturated carbocycles. The molecule has 528 valence electrons. The van der Waals surface area contributed by atoms with Crippen molar-refractivity contribution in [3.8, 4) is 0 Å². The van der Waals surface area contributed by atoms with E-state index in [1.807, 2.05) is 0 Å². The van der Waals surface area contributed by atoms with Crippen LogP contribution in [0.15, 0.2) is 0 Å². The summed E-state index contributed by atoms with van der Waals surface area (Å²) < 4.78 is 63.0. The lowest BCUT2D eigenvalue weighted by Crippen LogP contribution is -2.59. The fourth-order valence-corrected chi connectivity index (χ4v) is 10.3. The van der Waals surface area contributed by atoms with Gasteiger partial charge < -0.3 is 131 Å². The van der Waals surface area contributed by atoms with Crippen molar-refractivity contribution in [1.82, 2.24) is 0 Å². The molecule has 3 heterocycles. The van der Waals surface area contributed by atoms with Gasteiger partial charge in [0.05, 0.1) is 141 Å². The Morgan fingerprint density at radius 1 is 0.411 bits per heavy atom. The minimum atomic E-state index is -1.38. The van der Waals surface area contributed by atoms with Crippen molar-refractivity contribution in [1.29, 1.82) is 0 Å². The molecular weight excluding hydrogens is 1200 g/mol. The first kappa shape index (κ1) is 81.2. The zero-order valence-corrected chi connectivity index (χ0v) is 55.4. The number of rotatable bonds is 28. The monoisotopic (exact) mass is 1310 g/mol. The maximum atomic E-state index is 11.8. The number of carbonyl (C=O) groups excluding carboxylic acids is 4. The highest BCUT2D eigenvalue weighted by Crippen LogP contribution is 2.36. The van der Waals surface area contributed by atoms with Crippen molar-refractivity contribution < 1.29 is 150 Å². The average Bonchev–Trinajstić information content (AvgIpc) is 1.20. The van der Waals surface area contributed by atoms with E-state index in [0.29, 0.717) is 38.5 Å². The fraction of sp³-hybridized carbons (Fsp3) is 0.932. The molecule has 12 N–H and O–H groups in total. The summed E-state index contributed by atoms with van der Waals surface area (Å²) >= 11 is 0. The molecule has 90 heavy (non-hydrogen) atoms. The predicted molar refractivity (Wildman–Crippen MR) is 315 cm³/mol. The second-order valence-corrected chi connectivity index (χ2v) is 26.6. The number of hydrogen-bond donors (Lipinski definition) is 12. The molecule has 0 radical (unpaired) electrons. The van der Waals surface area contributed by atoms with Crippen molar-refractivity contribution >= 4 is 23.9 Å². The van der Waals surface area contributed by atoms with Gasteiger partial charge in [0.15, 0.2) is 31.1 Å². The van der Waals surface area contributed by atoms with Gasteiger partial charge in [0, 0.05) is 59.3 Å². The van der Waals surface area contributed by atoms with E-state index >= 15 is 0 Å². The molecular formula is C59H114N4O27+4. The first-order valence-corrected chi connectivity index (χ1v) is 31.2.